The van der Waals surface area contributed by atoms with Crippen LogP contribution in [0.3, 0.4) is 0 Å². The number of piperazine rings is 1. The zero-order valence-electron chi connectivity index (χ0n) is 20.4. The number of ether oxygens (including phenoxy) is 1. The molecule has 35 heavy (non-hydrogen) atoms. The molecule has 2 aromatic heterocycles. The number of hydrogen-bond acceptors (Lipinski definition) is 7. The molecular weight excluding hydrogens is 438 g/mol. The van der Waals surface area contributed by atoms with E-state index in [1.54, 1.807) is 10.7 Å². The molecule has 1 aromatic carbocycles. The van der Waals surface area contributed by atoms with Gasteiger partial charge in [-0.05, 0) is 48.7 Å². The highest BCUT2D eigenvalue weighted by Crippen LogP contribution is 2.31. The molecule has 8 heteroatoms. The van der Waals surface area contributed by atoms with Crippen LogP contribution in [-0.2, 0) is 17.7 Å². The minimum Gasteiger partial charge on any atom is -0.370 e. The normalized spacial score (nSPS) is 23.3. The molecule has 0 aliphatic carbocycles. The van der Waals surface area contributed by atoms with Crippen LogP contribution in [0.25, 0.3) is 5.52 Å². The maximum absolute atomic E-state index is 9.44. The number of pyridine rings is 1. The number of rotatable bonds is 4. The lowest BCUT2D eigenvalue weighted by atomic mass is 9.96. The van der Waals surface area contributed by atoms with Crippen LogP contribution in [0.1, 0.15) is 23.7 Å². The summed E-state index contributed by atoms with van der Waals surface area (Å²) in [4.78, 5) is 7.52. The number of aromatic nitrogens is 2. The lowest BCUT2D eigenvalue weighted by Gasteiger charge is -2.41. The second-order valence-electron chi connectivity index (χ2n) is 9.95. The second kappa shape index (κ2) is 9.50. The minimum absolute atomic E-state index is 0.130. The molecule has 2 atom stereocenters. The van der Waals surface area contributed by atoms with Crippen molar-refractivity contribution in [2.24, 2.45) is 0 Å². The number of benzene rings is 1. The molecule has 2 saturated heterocycles. The third-order valence-corrected chi connectivity index (χ3v) is 7.56. The Labute approximate surface area is 206 Å². The highest BCUT2D eigenvalue weighted by Gasteiger charge is 2.30. The van der Waals surface area contributed by atoms with Gasteiger partial charge in [-0.2, -0.15) is 10.4 Å². The standard InChI is InChI=1S/C27H33N7O/c1-20-16-33(26-6-5-22(15-28)34-27(26)7-9-30-34)18-23(35-20)17-31-12-8-21-3-2-4-25(24(21)19-31)32-13-10-29-11-14-32/h2-7,9,20,23,29H,8,10-14,16-19H2,1H3/t20-,23+/m1/s1. The van der Waals surface area contributed by atoms with Crippen LogP contribution in [0.15, 0.2) is 42.6 Å². The number of nitriles is 1. The van der Waals surface area contributed by atoms with Crippen LogP contribution in [0.4, 0.5) is 11.4 Å². The molecule has 5 heterocycles. The van der Waals surface area contributed by atoms with Crippen molar-refractivity contribution >= 4 is 16.9 Å². The average molecular weight is 472 g/mol. The van der Waals surface area contributed by atoms with Crippen LogP contribution in [0.2, 0.25) is 0 Å². The first kappa shape index (κ1) is 22.4. The number of morpholine rings is 1. The predicted octanol–water partition coefficient (Wildman–Crippen LogP) is 2.27. The maximum Gasteiger partial charge on any atom is 0.142 e. The van der Waals surface area contributed by atoms with E-state index in [9.17, 15) is 5.26 Å². The van der Waals surface area contributed by atoms with Crippen LogP contribution in [-0.4, -0.2) is 79.1 Å². The fourth-order valence-corrected chi connectivity index (χ4v) is 5.96. The summed E-state index contributed by atoms with van der Waals surface area (Å²) in [6.45, 7) is 11.0. The van der Waals surface area contributed by atoms with Gasteiger partial charge in [0.1, 0.15) is 11.8 Å². The van der Waals surface area contributed by atoms with Gasteiger partial charge in [-0.3, -0.25) is 4.90 Å². The molecule has 0 radical (unpaired) electrons. The van der Waals surface area contributed by atoms with Crippen molar-refractivity contribution in [3.63, 3.8) is 0 Å². The third-order valence-electron chi connectivity index (χ3n) is 7.56. The van der Waals surface area contributed by atoms with Gasteiger partial charge in [-0.15, -0.1) is 0 Å². The third kappa shape index (κ3) is 4.36. The maximum atomic E-state index is 9.44. The summed E-state index contributed by atoms with van der Waals surface area (Å²) >= 11 is 0. The molecule has 3 aromatic rings. The predicted molar refractivity (Wildman–Crippen MR) is 137 cm³/mol. The van der Waals surface area contributed by atoms with Crippen molar-refractivity contribution in [3.8, 4) is 6.07 Å². The average Bonchev–Trinajstić information content (AvgIpc) is 3.38. The molecule has 182 valence electrons. The topological polar surface area (TPSA) is 72.1 Å². The van der Waals surface area contributed by atoms with E-state index < -0.39 is 0 Å². The van der Waals surface area contributed by atoms with Gasteiger partial charge in [0.25, 0.3) is 0 Å². The van der Waals surface area contributed by atoms with E-state index in [1.165, 1.54) is 16.8 Å². The van der Waals surface area contributed by atoms with Crippen molar-refractivity contribution in [2.75, 3.05) is 62.2 Å². The van der Waals surface area contributed by atoms with Gasteiger partial charge in [0.15, 0.2) is 0 Å². The van der Waals surface area contributed by atoms with E-state index in [-0.39, 0.29) is 12.2 Å². The molecule has 0 bridgehead atoms. The van der Waals surface area contributed by atoms with E-state index in [0.29, 0.717) is 5.69 Å². The molecular formula is C27H33N7O. The van der Waals surface area contributed by atoms with Gasteiger partial charge < -0.3 is 19.9 Å². The molecule has 0 amide bonds. The summed E-state index contributed by atoms with van der Waals surface area (Å²) in [5.41, 5.74) is 7.05. The van der Waals surface area contributed by atoms with Crippen molar-refractivity contribution in [3.05, 3.63) is 59.4 Å². The number of fused-ring (bicyclic) bond motifs is 2. The summed E-state index contributed by atoms with van der Waals surface area (Å²) in [6, 6.07) is 15.0. The Balaban J connectivity index is 1.19. The number of nitrogens with zero attached hydrogens (tertiary/aromatic N) is 6. The van der Waals surface area contributed by atoms with Gasteiger partial charge in [0.2, 0.25) is 0 Å². The fourth-order valence-electron chi connectivity index (χ4n) is 5.96. The second-order valence-corrected chi connectivity index (χ2v) is 9.95. The van der Waals surface area contributed by atoms with Gasteiger partial charge in [-0.25, -0.2) is 4.52 Å². The van der Waals surface area contributed by atoms with Gasteiger partial charge in [0.05, 0.1) is 29.6 Å². The Morgan fingerprint density at radius 3 is 2.80 bits per heavy atom. The van der Waals surface area contributed by atoms with E-state index in [4.69, 9.17) is 4.74 Å². The first-order valence-corrected chi connectivity index (χ1v) is 12.8. The number of anilines is 2. The Hall–Kier alpha value is -3.12. The molecule has 0 saturated carbocycles. The Bertz CT molecular complexity index is 1240. The zero-order chi connectivity index (χ0) is 23.8. The summed E-state index contributed by atoms with van der Waals surface area (Å²) in [7, 11) is 0. The van der Waals surface area contributed by atoms with E-state index >= 15 is 0 Å². The summed E-state index contributed by atoms with van der Waals surface area (Å²) in [5.74, 6) is 0. The van der Waals surface area contributed by atoms with Gasteiger partial charge >= 0.3 is 0 Å². The summed E-state index contributed by atoms with van der Waals surface area (Å²) in [6.07, 6.45) is 3.13. The molecule has 0 spiro atoms. The first-order valence-electron chi connectivity index (χ1n) is 12.8. The molecule has 6 rings (SSSR count). The minimum atomic E-state index is 0.130. The SMILES string of the molecule is C[C@@H]1CN(c2ccc(C#N)n3nccc23)C[C@H](CN2CCc3cccc(N4CCNCC4)c3C2)O1. The van der Waals surface area contributed by atoms with Crippen LogP contribution in [0.5, 0.6) is 0 Å². The lowest BCUT2D eigenvalue weighted by molar-refractivity contribution is -0.0339. The Morgan fingerprint density at radius 1 is 1.06 bits per heavy atom. The smallest absolute Gasteiger partial charge is 0.142 e. The summed E-state index contributed by atoms with van der Waals surface area (Å²) < 4.78 is 8.18. The fraction of sp³-hybridized carbons (Fsp3) is 0.481. The highest BCUT2D eigenvalue weighted by atomic mass is 16.5. The van der Waals surface area contributed by atoms with Crippen LogP contribution < -0.4 is 15.1 Å². The first-order chi connectivity index (χ1) is 17.2. The number of hydrogen-bond donors (Lipinski definition) is 1. The van der Waals surface area contributed by atoms with E-state index in [2.05, 4.69) is 62.4 Å². The Kier molecular flexibility index (Phi) is 6.06. The van der Waals surface area contributed by atoms with Crippen LogP contribution >= 0.6 is 0 Å². The molecule has 2 fully saturated rings. The highest BCUT2D eigenvalue weighted by molar-refractivity contribution is 5.74. The molecule has 3 aliphatic rings. The lowest BCUT2D eigenvalue weighted by Crippen LogP contribution is -2.51. The van der Waals surface area contributed by atoms with E-state index in [0.717, 1.165) is 76.5 Å². The molecule has 8 nitrogen and oxygen atoms in total. The van der Waals surface area contributed by atoms with E-state index in [1.807, 2.05) is 12.1 Å². The van der Waals surface area contributed by atoms with Crippen LogP contribution in [0, 0.1) is 11.3 Å². The molecule has 0 unspecified atom stereocenters. The Morgan fingerprint density at radius 2 is 1.94 bits per heavy atom. The summed E-state index contributed by atoms with van der Waals surface area (Å²) in [5, 5.41) is 17.3. The van der Waals surface area contributed by atoms with Crippen molar-refractivity contribution < 1.29 is 4.74 Å². The van der Waals surface area contributed by atoms with Crippen molar-refractivity contribution in [1.82, 2.24) is 19.8 Å². The largest absolute Gasteiger partial charge is 0.370 e. The number of nitrogens with one attached hydrogen (secondary N) is 1. The quantitative estimate of drug-likeness (QED) is 0.626. The zero-order valence-corrected chi connectivity index (χ0v) is 20.4. The van der Waals surface area contributed by atoms with Crippen molar-refractivity contribution in [2.45, 2.75) is 32.1 Å². The van der Waals surface area contributed by atoms with Gasteiger partial charge in [0, 0.05) is 64.6 Å². The van der Waals surface area contributed by atoms with Gasteiger partial charge in [-0.1, -0.05) is 12.1 Å². The molecule has 3 aliphatic heterocycles. The molecule has 1 N–H and O–H groups in total. The monoisotopic (exact) mass is 471 g/mol. The van der Waals surface area contributed by atoms with Crippen molar-refractivity contribution in [1.29, 1.82) is 5.26 Å².